The van der Waals surface area contributed by atoms with Crippen molar-refractivity contribution in [1.82, 2.24) is 4.90 Å². The zero-order chi connectivity index (χ0) is 24.9. The molecule has 9 nitrogen and oxygen atoms in total. The fourth-order valence-electron chi connectivity index (χ4n) is 4.31. The van der Waals surface area contributed by atoms with Crippen LogP contribution in [0.4, 0.5) is 5.69 Å². The molecule has 0 spiro atoms. The molecule has 0 aromatic heterocycles. The number of aryl methyl sites for hydroxylation is 2. The van der Waals surface area contributed by atoms with Crippen LogP contribution in [0.25, 0.3) is 0 Å². The van der Waals surface area contributed by atoms with Crippen LogP contribution in [0.2, 0.25) is 0 Å². The Labute approximate surface area is 200 Å². The Balaban J connectivity index is 1.62. The molecule has 2 aromatic rings. The summed E-state index contributed by atoms with van der Waals surface area (Å²) in [6.07, 6.45) is 2.57. The fourth-order valence-corrected chi connectivity index (χ4v) is 5.57. The molecule has 1 unspecified atom stereocenters. The van der Waals surface area contributed by atoms with Crippen LogP contribution < -0.4 is 4.72 Å². The van der Waals surface area contributed by atoms with Crippen molar-refractivity contribution in [2.75, 3.05) is 11.3 Å². The highest BCUT2D eigenvalue weighted by atomic mass is 32.2. The van der Waals surface area contributed by atoms with Gasteiger partial charge in [0.2, 0.25) is 5.91 Å². The molecule has 0 aliphatic carbocycles. The topological polar surface area (TPSA) is 141 Å². The zero-order valence-electron chi connectivity index (χ0n) is 19.0. The molecule has 3 rings (SSSR count). The van der Waals surface area contributed by atoms with Crippen LogP contribution in [0, 0.1) is 0 Å². The van der Waals surface area contributed by atoms with Crippen LogP contribution in [0.5, 0.6) is 0 Å². The van der Waals surface area contributed by atoms with Crippen molar-refractivity contribution in [3.63, 3.8) is 0 Å². The second-order valence-electron chi connectivity index (χ2n) is 8.48. The summed E-state index contributed by atoms with van der Waals surface area (Å²) >= 11 is 0. The van der Waals surface area contributed by atoms with Gasteiger partial charge >= 0.3 is 10.3 Å². The zero-order valence-corrected chi connectivity index (χ0v) is 20.6. The summed E-state index contributed by atoms with van der Waals surface area (Å²) in [7, 11) is -8.46. The van der Waals surface area contributed by atoms with E-state index in [0.717, 1.165) is 22.3 Å². The summed E-state index contributed by atoms with van der Waals surface area (Å²) in [5.74, 6) is -0.0297. The number of fused-ring (bicyclic) bond motifs is 1. The van der Waals surface area contributed by atoms with Gasteiger partial charge in [0.05, 0.1) is 10.9 Å². The highest BCUT2D eigenvalue weighted by Crippen LogP contribution is 2.24. The van der Waals surface area contributed by atoms with Crippen LogP contribution >= 0.6 is 0 Å². The van der Waals surface area contributed by atoms with Gasteiger partial charge in [-0.3, -0.25) is 18.6 Å². The van der Waals surface area contributed by atoms with Gasteiger partial charge in [0.1, 0.15) is 0 Å². The van der Waals surface area contributed by atoms with Gasteiger partial charge in [-0.25, -0.2) is 0 Å². The quantitative estimate of drug-likeness (QED) is 0.417. The van der Waals surface area contributed by atoms with E-state index in [1.54, 1.807) is 30.0 Å². The maximum atomic E-state index is 12.9. The highest BCUT2D eigenvalue weighted by Gasteiger charge is 2.23. The molecule has 1 amide bonds. The lowest BCUT2D eigenvalue weighted by atomic mass is 9.96. The molecule has 0 radical (unpaired) electrons. The molecule has 1 heterocycles. The summed E-state index contributed by atoms with van der Waals surface area (Å²) in [6.45, 7) is 2.63. The number of nitrogens with zero attached hydrogens (tertiary/aromatic N) is 1. The average Bonchev–Trinajstić information content (AvgIpc) is 2.76. The van der Waals surface area contributed by atoms with Crippen LogP contribution in [0.3, 0.4) is 0 Å². The Hall–Kier alpha value is -2.47. The third kappa shape index (κ3) is 7.26. The molecule has 0 fully saturated rings. The first kappa shape index (κ1) is 26.1. The Morgan fingerprint density at radius 1 is 1.03 bits per heavy atom. The summed E-state index contributed by atoms with van der Waals surface area (Å²) < 4.78 is 65.5. The van der Waals surface area contributed by atoms with Gasteiger partial charge < -0.3 is 4.90 Å². The van der Waals surface area contributed by atoms with Crippen LogP contribution in [-0.4, -0.2) is 48.5 Å². The van der Waals surface area contributed by atoms with Gasteiger partial charge in [0.25, 0.3) is 10.1 Å². The highest BCUT2D eigenvalue weighted by molar-refractivity contribution is 7.87. The van der Waals surface area contributed by atoms with Crippen LogP contribution in [0.15, 0.2) is 42.5 Å². The number of carbonyl (C=O) groups excluding carboxylic acids is 1. The first-order valence-electron chi connectivity index (χ1n) is 11.1. The third-order valence-corrected chi connectivity index (χ3v) is 8.06. The SMILES string of the molecule is CCC(CCc1ccccc1CCC(=O)N1CCc2ccc(NS(=O)(=O)O)cc2C1)S(=O)(=O)O. The molecule has 0 bridgehead atoms. The third-order valence-electron chi connectivity index (χ3n) is 6.16. The minimum atomic E-state index is -4.38. The Bertz CT molecular complexity index is 1240. The van der Waals surface area contributed by atoms with Crippen molar-refractivity contribution in [2.24, 2.45) is 0 Å². The predicted octanol–water partition coefficient (Wildman–Crippen LogP) is 3.02. The molecular formula is C23H30N2O7S2. The predicted molar refractivity (Wildman–Crippen MR) is 129 cm³/mol. The van der Waals surface area contributed by atoms with Crippen molar-refractivity contribution in [3.8, 4) is 0 Å². The van der Waals surface area contributed by atoms with E-state index in [1.807, 2.05) is 29.0 Å². The molecule has 34 heavy (non-hydrogen) atoms. The molecule has 186 valence electrons. The Morgan fingerprint density at radius 3 is 2.32 bits per heavy atom. The Kier molecular flexibility index (Phi) is 8.34. The number of amides is 1. The van der Waals surface area contributed by atoms with E-state index in [2.05, 4.69) is 0 Å². The number of hydrogen-bond acceptors (Lipinski definition) is 5. The standard InChI is InChI=1S/C23H30N2O7S2/c1-2-22(33(27,28)29)11-8-17-5-3-4-6-18(17)9-12-23(26)25-14-13-19-7-10-21(15-20(19)16-25)24-34(30,31)32/h3-7,10,15,22,24H,2,8-9,11-14,16H2,1H3,(H,27,28,29)(H,30,31,32). The van der Waals surface area contributed by atoms with E-state index < -0.39 is 25.7 Å². The summed E-state index contributed by atoms with van der Waals surface area (Å²) in [5, 5.41) is -0.809. The van der Waals surface area contributed by atoms with Crippen molar-refractivity contribution in [3.05, 3.63) is 64.7 Å². The van der Waals surface area contributed by atoms with E-state index in [1.165, 1.54) is 0 Å². The van der Waals surface area contributed by atoms with Crippen molar-refractivity contribution in [1.29, 1.82) is 0 Å². The van der Waals surface area contributed by atoms with Gasteiger partial charge in [-0.1, -0.05) is 37.3 Å². The normalized spacial score (nSPS) is 15.0. The molecule has 11 heteroatoms. The van der Waals surface area contributed by atoms with E-state index in [4.69, 9.17) is 4.55 Å². The van der Waals surface area contributed by atoms with Gasteiger partial charge in [-0.05, 0) is 66.5 Å². The molecule has 1 atom stereocenters. The number of hydrogen-bond donors (Lipinski definition) is 3. The lowest BCUT2D eigenvalue weighted by Gasteiger charge is -2.29. The average molecular weight is 511 g/mol. The molecule has 1 aliphatic rings. The molecular weight excluding hydrogens is 480 g/mol. The van der Waals surface area contributed by atoms with Gasteiger partial charge in [0.15, 0.2) is 0 Å². The smallest absolute Gasteiger partial charge is 0.338 e. The van der Waals surface area contributed by atoms with Crippen LogP contribution in [0.1, 0.15) is 48.4 Å². The number of benzene rings is 2. The van der Waals surface area contributed by atoms with E-state index in [-0.39, 0.29) is 18.0 Å². The number of carbonyl (C=O) groups is 1. The number of rotatable bonds is 10. The fraction of sp³-hybridized carbons (Fsp3) is 0.435. The van der Waals surface area contributed by atoms with Gasteiger partial charge in [0, 0.05) is 19.5 Å². The molecule has 2 aromatic carbocycles. The lowest BCUT2D eigenvalue weighted by Crippen LogP contribution is -2.36. The number of anilines is 1. The van der Waals surface area contributed by atoms with E-state index in [9.17, 15) is 26.2 Å². The summed E-state index contributed by atoms with van der Waals surface area (Å²) in [5.41, 5.74) is 4.02. The monoisotopic (exact) mass is 510 g/mol. The first-order chi connectivity index (χ1) is 16.0. The van der Waals surface area contributed by atoms with Crippen LogP contribution in [-0.2, 0) is 51.0 Å². The van der Waals surface area contributed by atoms with Crippen molar-refractivity contribution >= 4 is 32.0 Å². The number of nitrogens with one attached hydrogen (secondary N) is 1. The largest absolute Gasteiger partial charge is 0.357 e. The maximum absolute atomic E-state index is 12.9. The molecule has 0 saturated carbocycles. The van der Waals surface area contributed by atoms with Crippen molar-refractivity contribution in [2.45, 2.75) is 57.2 Å². The molecule has 3 N–H and O–H groups in total. The second kappa shape index (κ2) is 10.9. The maximum Gasteiger partial charge on any atom is 0.357 e. The van der Waals surface area contributed by atoms with Gasteiger partial charge in [-0.2, -0.15) is 16.8 Å². The van der Waals surface area contributed by atoms with E-state index >= 15 is 0 Å². The van der Waals surface area contributed by atoms with E-state index in [0.29, 0.717) is 45.2 Å². The minimum absolute atomic E-state index is 0.0297. The lowest BCUT2D eigenvalue weighted by molar-refractivity contribution is -0.132. The second-order valence-corrected chi connectivity index (χ2v) is 11.3. The minimum Gasteiger partial charge on any atom is -0.338 e. The first-order valence-corrected chi connectivity index (χ1v) is 14.1. The summed E-state index contributed by atoms with van der Waals surface area (Å²) in [6, 6.07) is 12.6. The summed E-state index contributed by atoms with van der Waals surface area (Å²) in [4.78, 5) is 14.6. The van der Waals surface area contributed by atoms with Gasteiger partial charge in [-0.15, -0.1) is 0 Å². The Morgan fingerprint density at radius 2 is 1.71 bits per heavy atom. The molecule has 1 aliphatic heterocycles. The van der Waals surface area contributed by atoms with Crippen molar-refractivity contribution < 1.29 is 30.7 Å². The molecule has 0 saturated heterocycles.